The highest BCUT2D eigenvalue weighted by atomic mass is 79.9. The van der Waals surface area contributed by atoms with E-state index < -0.39 is 5.97 Å². The first-order valence-corrected chi connectivity index (χ1v) is 11.5. The Kier molecular flexibility index (Phi) is 6.31. The van der Waals surface area contributed by atoms with Crippen molar-refractivity contribution in [2.75, 3.05) is 0 Å². The number of carbonyl (C=O) groups excluding carboxylic acids is 1. The number of halogens is 2. The van der Waals surface area contributed by atoms with Crippen LogP contribution in [-0.2, 0) is 0 Å². The summed E-state index contributed by atoms with van der Waals surface area (Å²) in [6, 6.07) is 21.9. The number of ether oxygens (including phenoxy) is 1. The Morgan fingerprint density at radius 3 is 2.63 bits per heavy atom. The molecule has 0 spiro atoms. The molecule has 2 heterocycles. The van der Waals surface area contributed by atoms with Crippen LogP contribution in [0.1, 0.15) is 15.9 Å². The zero-order valence-corrected chi connectivity index (χ0v) is 20.2. The van der Waals surface area contributed by atoms with Crippen LogP contribution in [-0.4, -0.2) is 21.8 Å². The number of para-hydroxylation sites is 1. The van der Waals surface area contributed by atoms with E-state index in [1.54, 1.807) is 78.9 Å². The van der Waals surface area contributed by atoms with E-state index in [4.69, 9.17) is 20.8 Å². The van der Waals surface area contributed by atoms with Gasteiger partial charge in [-0.15, -0.1) is 0 Å². The Bertz CT molecular complexity index is 1630. The van der Waals surface area contributed by atoms with Crippen molar-refractivity contribution in [2.24, 2.45) is 5.10 Å². The maximum Gasteiger partial charge on any atom is 0.343 e. The van der Waals surface area contributed by atoms with Gasteiger partial charge >= 0.3 is 5.97 Å². The van der Waals surface area contributed by atoms with Gasteiger partial charge in [-0.05, 0) is 66.7 Å². The van der Waals surface area contributed by atoms with Gasteiger partial charge in [-0.1, -0.05) is 39.7 Å². The van der Waals surface area contributed by atoms with Crippen molar-refractivity contribution in [2.45, 2.75) is 0 Å². The van der Waals surface area contributed by atoms with Crippen LogP contribution >= 0.6 is 27.5 Å². The molecule has 0 bridgehead atoms. The highest BCUT2D eigenvalue weighted by Gasteiger charge is 2.15. The number of rotatable bonds is 5. The van der Waals surface area contributed by atoms with Gasteiger partial charge in [-0.2, -0.15) is 9.78 Å². The molecule has 172 valence electrons. The Labute approximate surface area is 212 Å². The molecule has 0 aliphatic rings. The number of hydrogen-bond acceptors (Lipinski definition) is 6. The summed E-state index contributed by atoms with van der Waals surface area (Å²) in [5, 5.41) is 5.32. The summed E-state index contributed by atoms with van der Waals surface area (Å²) in [4.78, 5) is 30.5. The molecule has 2 aromatic heterocycles. The maximum absolute atomic E-state index is 13.3. The molecule has 0 aliphatic heterocycles. The minimum Gasteiger partial charge on any atom is -0.461 e. The van der Waals surface area contributed by atoms with Crippen molar-refractivity contribution in [1.82, 2.24) is 9.66 Å². The van der Waals surface area contributed by atoms with E-state index in [0.29, 0.717) is 32.8 Å². The predicted molar refractivity (Wildman–Crippen MR) is 137 cm³/mol. The lowest BCUT2D eigenvalue weighted by molar-refractivity contribution is 0.0734. The number of nitrogens with zero attached hydrogens (tertiary/aromatic N) is 3. The predicted octanol–water partition coefficient (Wildman–Crippen LogP) is 6.17. The molecular formula is C26H15BrClN3O4. The Morgan fingerprint density at radius 1 is 1.06 bits per heavy atom. The first-order valence-electron chi connectivity index (χ1n) is 10.4. The number of benzene rings is 3. The highest BCUT2D eigenvalue weighted by molar-refractivity contribution is 9.10. The molecule has 5 rings (SSSR count). The van der Waals surface area contributed by atoms with Crippen LogP contribution in [0.2, 0.25) is 5.02 Å². The average molecular weight is 549 g/mol. The number of fused-ring (bicyclic) bond motifs is 1. The zero-order chi connectivity index (χ0) is 24.4. The van der Waals surface area contributed by atoms with Crippen LogP contribution in [0, 0.1) is 0 Å². The molecule has 0 aliphatic carbocycles. The largest absolute Gasteiger partial charge is 0.461 e. The molecule has 0 saturated carbocycles. The van der Waals surface area contributed by atoms with Crippen LogP contribution in [0.4, 0.5) is 0 Å². The monoisotopic (exact) mass is 547 g/mol. The fourth-order valence-corrected chi connectivity index (χ4v) is 3.88. The van der Waals surface area contributed by atoms with Gasteiger partial charge in [0.1, 0.15) is 5.75 Å². The van der Waals surface area contributed by atoms with Gasteiger partial charge in [0, 0.05) is 15.1 Å². The molecule has 5 aromatic rings. The van der Waals surface area contributed by atoms with E-state index in [1.165, 1.54) is 12.5 Å². The summed E-state index contributed by atoms with van der Waals surface area (Å²) in [6.07, 6.45) is 2.92. The van der Waals surface area contributed by atoms with Gasteiger partial charge in [0.05, 0.1) is 28.9 Å². The lowest BCUT2D eigenvalue weighted by atomic mass is 10.2. The number of esters is 1. The summed E-state index contributed by atoms with van der Waals surface area (Å²) < 4.78 is 13.0. The Hall–Kier alpha value is -4.01. The van der Waals surface area contributed by atoms with Crippen LogP contribution in [0.3, 0.4) is 0 Å². The summed E-state index contributed by atoms with van der Waals surface area (Å²) in [7, 11) is 0. The van der Waals surface area contributed by atoms with E-state index in [-0.39, 0.29) is 17.1 Å². The Balaban J connectivity index is 1.57. The number of furan rings is 1. The second-order valence-corrected chi connectivity index (χ2v) is 8.72. The molecular weight excluding hydrogens is 534 g/mol. The van der Waals surface area contributed by atoms with Crippen molar-refractivity contribution in [3.05, 3.63) is 116 Å². The molecule has 0 radical (unpaired) electrons. The van der Waals surface area contributed by atoms with Crippen LogP contribution in [0.15, 0.2) is 104 Å². The Morgan fingerprint density at radius 2 is 1.86 bits per heavy atom. The number of carbonyl (C=O) groups is 1. The molecule has 0 atom stereocenters. The second-order valence-electron chi connectivity index (χ2n) is 7.37. The molecule has 7 nitrogen and oxygen atoms in total. The van der Waals surface area contributed by atoms with Crippen molar-refractivity contribution >= 4 is 50.6 Å². The number of aromatic nitrogens is 2. The van der Waals surface area contributed by atoms with E-state index in [2.05, 4.69) is 26.0 Å². The first-order chi connectivity index (χ1) is 17.0. The van der Waals surface area contributed by atoms with Gasteiger partial charge in [0.15, 0.2) is 5.76 Å². The fraction of sp³-hybridized carbons (Fsp3) is 0. The van der Waals surface area contributed by atoms with Gasteiger partial charge < -0.3 is 9.15 Å². The van der Waals surface area contributed by atoms with E-state index in [9.17, 15) is 9.59 Å². The SMILES string of the molecule is O=C(Oc1ccc(Br)cc1C=Nn1c(-c2ccco2)nc2ccccc2c1=O)c1ccc(Cl)cc1. The van der Waals surface area contributed by atoms with Crippen molar-refractivity contribution in [3.63, 3.8) is 0 Å². The van der Waals surface area contributed by atoms with Gasteiger partial charge in [0.2, 0.25) is 5.82 Å². The van der Waals surface area contributed by atoms with E-state index in [0.717, 1.165) is 9.15 Å². The maximum atomic E-state index is 13.3. The lowest BCUT2D eigenvalue weighted by Crippen LogP contribution is -2.20. The summed E-state index contributed by atoms with van der Waals surface area (Å²) in [5.41, 5.74) is 0.964. The third-order valence-corrected chi connectivity index (χ3v) is 5.81. The third-order valence-electron chi connectivity index (χ3n) is 5.06. The summed E-state index contributed by atoms with van der Waals surface area (Å²) >= 11 is 9.33. The van der Waals surface area contributed by atoms with Crippen molar-refractivity contribution in [1.29, 1.82) is 0 Å². The molecule has 0 unspecified atom stereocenters. The molecule has 9 heteroatoms. The minimum absolute atomic E-state index is 0.240. The minimum atomic E-state index is -0.556. The third kappa shape index (κ3) is 4.80. The molecule has 3 aromatic carbocycles. The molecule has 0 amide bonds. The quantitative estimate of drug-likeness (QED) is 0.149. The van der Waals surface area contributed by atoms with Gasteiger partial charge in [-0.25, -0.2) is 9.78 Å². The normalized spacial score (nSPS) is 11.3. The van der Waals surface area contributed by atoms with Crippen molar-refractivity contribution in [3.8, 4) is 17.3 Å². The lowest BCUT2D eigenvalue weighted by Gasteiger charge is -2.09. The zero-order valence-electron chi connectivity index (χ0n) is 17.9. The van der Waals surface area contributed by atoms with Gasteiger partial charge in [-0.3, -0.25) is 4.79 Å². The molecule has 0 fully saturated rings. The topological polar surface area (TPSA) is 86.7 Å². The summed E-state index contributed by atoms with van der Waals surface area (Å²) in [6.45, 7) is 0. The number of hydrogen-bond donors (Lipinski definition) is 0. The standard InChI is InChI=1S/C26H15BrClN3O4/c27-18-9-12-22(35-26(33)16-7-10-19(28)11-8-16)17(14-18)15-29-31-24(23-6-3-13-34-23)30-21-5-2-1-4-20(21)25(31)32/h1-15H. The van der Waals surface area contributed by atoms with Crippen LogP contribution in [0.5, 0.6) is 5.75 Å². The summed E-state index contributed by atoms with van der Waals surface area (Å²) in [5.74, 6) is 0.330. The molecule has 0 N–H and O–H groups in total. The van der Waals surface area contributed by atoms with Gasteiger partial charge in [0.25, 0.3) is 5.56 Å². The average Bonchev–Trinajstić information content (AvgIpc) is 3.40. The molecule has 0 saturated heterocycles. The van der Waals surface area contributed by atoms with E-state index in [1.807, 2.05) is 0 Å². The van der Waals surface area contributed by atoms with Crippen LogP contribution in [0.25, 0.3) is 22.5 Å². The second kappa shape index (κ2) is 9.69. The van der Waals surface area contributed by atoms with E-state index >= 15 is 0 Å². The van der Waals surface area contributed by atoms with Crippen molar-refractivity contribution < 1.29 is 13.9 Å². The smallest absolute Gasteiger partial charge is 0.343 e. The first kappa shape index (κ1) is 22.8. The van der Waals surface area contributed by atoms with Crippen LogP contribution < -0.4 is 10.3 Å². The fourth-order valence-electron chi connectivity index (χ4n) is 3.37. The molecule has 35 heavy (non-hydrogen) atoms. The highest BCUT2D eigenvalue weighted by Crippen LogP contribution is 2.24.